The summed E-state index contributed by atoms with van der Waals surface area (Å²) in [4.78, 5) is 0. The van der Waals surface area contributed by atoms with Crippen LogP contribution in [-0.2, 0) is 10.8 Å². The molecule has 4 heteroatoms. The number of benzene rings is 3. The minimum atomic E-state index is 0.0191. The molecule has 2 bridgehead atoms. The van der Waals surface area contributed by atoms with Gasteiger partial charge in [0.05, 0.1) is 11.1 Å². The smallest absolute Gasteiger partial charge is 0.292 e. The standard InChI is InChI=1S/C36H46N2O2/c1-23(2)29-17-27(35(5,6)7)15-25-19-37-22-40-34-26(16-28(36(8,9)10)18-30(34)24(3)4)20-38(21-39-33(25)29)32-14-12-11-13-31(32)37/h11-20,23-24H,21-22H2,1-10H3/q+2/b37-19+,38-20+. The van der Waals surface area contributed by atoms with Crippen molar-refractivity contribution in [1.82, 2.24) is 0 Å². The number of fused-ring (bicyclic) bond motifs is 2. The Labute approximate surface area is 241 Å². The van der Waals surface area contributed by atoms with Crippen LogP contribution in [0, 0.1) is 0 Å². The van der Waals surface area contributed by atoms with Crippen LogP contribution in [0.15, 0.2) is 48.5 Å². The van der Waals surface area contributed by atoms with Crippen molar-refractivity contribution in [3.63, 3.8) is 0 Å². The van der Waals surface area contributed by atoms with Crippen LogP contribution in [-0.4, -0.2) is 35.0 Å². The normalized spacial score (nSPS) is 17.8. The van der Waals surface area contributed by atoms with Gasteiger partial charge in [0, 0.05) is 12.1 Å². The maximum absolute atomic E-state index is 6.79. The summed E-state index contributed by atoms with van der Waals surface area (Å²) in [5.41, 5.74) is 9.49. The number of hydrogen-bond acceptors (Lipinski definition) is 2. The molecule has 0 aliphatic carbocycles. The molecule has 2 aliphatic heterocycles. The van der Waals surface area contributed by atoms with Gasteiger partial charge < -0.3 is 9.47 Å². The lowest BCUT2D eigenvalue weighted by atomic mass is 9.83. The molecule has 0 amide bonds. The van der Waals surface area contributed by atoms with E-state index in [0.717, 1.165) is 34.0 Å². The fraction of sp³-hybridized carbons (Fsp3) is 0.444. The second kappa shape index (κ2) is 10.2. The first-order valence-electron chi connectivity index (χ1n) is 14.7. The summed E-state index contributed by atoms with van der Waals surface area (Å²) in [6, 6.07) is 17.8. The summed E-state index contributed by atoms with van der Waals surface area (Å²) in [5.74, 6) is 2.55. The maximum atomic E-state index is 6.79. The highest BCUT2D eigenvalue weighted by Crippen LogP contribution is 2.40. The highest BCUT2D eigenvalue weighted by atomic mass is 16.5. The van der Waals surface area contributed by atoms with Crippen molar-refractivity contribution in [1.29, 1.82) is 0 Å². The summed E-state index contributed by atoms with van der Waals surface area (Å²) in [5, 5.41) is 0. The van der Waals surface area contributed by atoms with Crippen LogP contribution in [0.2, 0.25) is 0 Å². The summed E-state index contributed by atoms with van der Waals surface area (Å²) >= 11 is 0. The molecule has 4 nitrogen and oxygen atoms in total. The van der Waals surface area contributed by atoms with Gasteiger partial charge in [-0.15, -0.1) is 0 Å². The summed E-state index contributed by atoms with van der Waals surface area (Å²) in [6.07, 6.45) is 4.45. The highest BCUT2D eigenvalue weighted by molar-refractivity contribution is 5.85. The molecule has 0 unspecified atom stereocenters. The topological polar surface area (TPSA) is 24.5 Å². The Bertz CT molecular complexity index is 1400. The Morgan fingerprint density at radius 3 is 1.30 bits per heavy atom. The molecule has 0 N–H and O–H groups in total. The molecule has 3 aromatic rings. The number of hydrogen-bond donors (Lipinski definition) is 0. The molecule has 0 aromatic heterocycles. The molecule has 5 rings (SSSR count). The molecule has 0 radical (unpaired) electrons. The van der Waals surface area contributed by atoms with Crippen LogP contribution >= 0.6 is 0 Å². The molecule has 40 heavy (non-hydrogen) atoms. The number of para-hydroxylation sites is 2. The van der Waals surface area contributed by atoms with Crippen LogP contribution in [0.1, 0.15) is 114 Å². The molecule has 2 aliphatic rings. The number of ether oxygens (including phenoxy) is 2. The second-order valence-electron chi connectivity index (χ2n) is 14.0. The van der Waals surface area contributed by atoms with Gasteiger partial charge in [0.2, 0.25) is 0 Å². The van der Waals surface area contributed by atoms with E-state index >= 15 is 0 Å². The van der Waals surface area contributed by atoms with E-state index in [9.17, 15) is 0 Å². The lowest BCUT2D eigenvalue weighted by Crippen LogP contribution is -2.20. The van der Waals surface area contributed by atoms with E-state index in [4.69, 9.17) is 9.47 Å². The quantitative estimate of drug-likeness (QED) is 0.305. The van der Waals surface area contributed by atoms with Crippen molar-refractivity contribution >= 4 is 23.8 Å². The predicted octanol–water partition coefficient (Wildman–Crippen LogP) is 8.75. The van der Waals surface area contributed by atoms with Crippen molar-refractivity contribution in [2.24, 2.45) is 0 Å². The van der Waals surface area contributed by atoms with Crippen LogP contribution in [0.4, 0.5) is 11.4 Å². The zero-order valence-electron chi connectivity index (χ0n) is 26.1. The van der Waals surface area contributed by atoms with Gasteiger partial charge in [-0.05, 0) is 57.1 Å². The number of rotatable bonds is 2. The van der Waals surface area contributed by atoms with Gasteiger partial charge in [-0.2, -0.15) is 9.15 Å². The van der Waals surface area contributed by atoms with Gasteiger partial charge in [0.1, 0.15) is 11.5 Å². The largest absolute Gasteiger partial charge is 0.435 e. The van der Waals surface area contributed by atoms with E-state index in [1.54, 1.807) is 0 Å². The monoisotopic (exact) mass is 538 g/mol. The van der Waals surface area contributed by atoms with Crippen molar-refractivity contribution in [3.05, 3.63) is 81.9 Å². The van der Waals surface area contributed by atoms with E-state index in [-0.39, 0.29) is 10.8 Å². The summed E-state index contributed by atoms with van der Waals surface area (Å²) in [6.45, 7) is 23.4. The molecular formula is C36H46N2O2+2. The Balaban J connectivity index is 1.82. The van der Waals surface area contributed by atoms with Gasteiger partial charge in [0.15, 0.2) is 12.4 Å². The third kappa shape index (κ3) is 5.33. The first-order valence-corrected chi connectivity index (χ1v) is 14.7. The zero-order valence-corrected chi connectivity index (χ0v) is 26.1. The number of nitrogens with zero attached hydrogens (tertiary/aromatic N) is 2. The molecule has 0 saturated carbocycles. The Morgan fingerprint density at radius 2 is 0.975 bits per heavy atom. The molecule has 210 valence electrons. The van der Waals surface area contributed by atoms with Crippen LogP contribution in [0.5, 0.6) is 11.5 Å². The van der Waals surface area contributed by atoms with Crippen LogP contribution < -0.4 is 9.47 Å². The second-order valence-corrected chi connectivity index (χ2v) is 14.0. The third-order valence-electron chi connectivity index (χ3n) is 8.06. The van der Waals surface area contributed by atoms with Crippen molar-refractivity contribution < 1.29 is 18.6 Å². The average molecular weight is 539 g/mol. The summed E-state index contributed by atoms with van der Waals surface area (Å²) < 4.78 is 18.1. The molecule has 0 saturated heterocycles. The van der Waals surface area contributed by atoms with Crippen LogP contribution in [0.25, 0.3) is 0 Å². The highest BCUT2D eigenvalue weighted by Gasteiger charge is 2.33. The summed E-state index contributed by atoms with van der Waals surface area (Å²) in [7, 11) is 0. The van der Waals surface area contributed by atoms with E-state index in [1.165, 1.54) is 22.3 Å². The van der Waals surface area contributed by atoms with Crippen molar-refractivity contribution in [2.45, 2.75) is 91.9 Å². The SMILES string of the molecule is CC(C)c1cc(C(C)(C)C)cc2c1OC/[N+]1=C\c3cc(C(C)(C)C)cc(C(C)C)c3OC/[N+](=C\2)c2ccccc21. The van der Waals surface area contributed by atoms with Crippen LogP contribution in [0.3, 0.4) is 0 Å². The first kappa shape index (κ1) is 28.1. The average Bonchev–Trinajstić information content (AvgIpc) is 2.96. The fourth-order valence-electron chi connectivity index (χ4n) is 5.50. The Hall–Kier alpha value is -3.40. The van der Waals surface area contributed by atoms with Gasteiger partial charge in [0.25, 0.3) is 24.8 Å². The minimum Gasteiger partial charge on any atom is -0.435 e. The van der Waals surface area contributed by atoms with Crippen molar-refractivity contribution in [2.75, 3.05) is 13.5 Å². The molecule has 0 fully saturated rings. The fourth-order valence-corrected chi connectivity index (χ4v) is 5.50. The molecule has 2 heterocycles. The van der Waals surface area contributed by atoms with Gasteiger partial charge in [-0.25, -0.2) is 0 Å². The van der Waals surface area contributed by atoms with E-state index in [1.807, 2.05) is 0 Å². The molecular weight excluding hydrogens is 492 g/mol. The van der Waals surface area contributed by atoms with E-state index in [0.29, 0.717) is 25.3 Å². The lowest BCUT2D eigenvalue weighted by molar-refractivity contribution is -0.502. The molecule has 0 spiro atoms. The predicted molar refractivity (Wildman–Crippen MR) is 166 cm³/mol. The van der Waals surface area contributed by atoms with E-state index in [2.05, 4.69) is 139 Å². The Morgan fingerprint density at radius 1 is 0.600 bits per heavy atom. The van der Waals surface area contributed by atoms with Gasteiger partial charge >= 0.3 is 0 Å². The lowest BCUT2D eigenvalue weighted by Gasteiger charge is -2.24. The van der Waals surface area contributed by atoms with Gasteiger partial charge in [-0.1, -0.05) is 93.5 Å². The van der Waals surface area contributed by atoms with Crippen molar-refractivity contribution in [3.8, 4) is 11.5 Å². The zero-order chi connectivity index (χ0) is 29.0. The van der Waals surface area contributed by atoms with E-state index < -0.39 is 0 Å². The Kier molecular flexibility index (Phi) is 7.18. The molecule has 0 atom stereocenters. The minimum absolute atomic E-state index is 0.0191. The third-order valence-corrected chi connectivity index (χ3v) is 8.06. The first-order chi connectivity index (χ1) is 18.7. The van der Waals surface area contributed by atoms with Gasteiger partial charge in [-0.3, -0.25) is 0 Å². The molecule has 3 aromatic carbocycles. The maximum Gasteiger partial charge on any atom is 0.292 e.